The van der Waals surface area contributed by atoms with Crippen LogP contribution in [0, 0.1) is 11.3 Å². The van der Waals surface area contributed by atoms with Crippen molar-refractivity contribution in [3.63, 3.8) is 0 Å². The molecule has 26 heavy (non-hydrogen) atoms. The summed E-state index contributed by atoms with van der Waals surface area (Å²) in [6.07, 6.45) is 4.12. The van der Waals surface area contributed by atoms with E-state index in [-0.39, 0.29) is 11.8 Å². The normalized spacial score (nSPS) is 30.2. The molecule has 3 aliphatic rings. The lowest BCUT2D eigenvalue weighted by Crippen LogP contribution is -2.47. The fraction of sp³-hybridized carbons (Fsp3) is 0.600. The number of carboxylic acids is 1. The highest BCUT2D eigenvalue weighted by molar-refractivity contribution is 6.30. The molecule has 1 N–H and O–H groups in total. The first-order valence-electron chi connectivity index (χ1n) is 9.35. The number of carbonyl (C=O) groups excluding carboxylic acids is 1. The molecule has 0 bridgehead atoms. The van der Waals surface area contributed by atoms with Crippen LogP contribution in [-0.4, -0.2) is 48.2 Å². The van der Waals surface area contributed by atoms with E-state index in [1.807, 2.05) is 24.3 Å². The number of ether oxygens (including phenoxy) is 1. The Morgan fingerprint density at radius 1 is 1.15 bits per heavy atom. The summed E-state index contributed by atoms with van der Waals surface area (Å²) in [4.78, 5) is 27.4. The highest BCUT2D eigenvalue weighted by Gasteiger charge is 2.57. The number of aliphatic carboxylic acids is 1. The van der Waals surface area contributed by atoms with Crippen molar-refractivity contribution in [1.82, 2.24) is 4.90 Å². The molecule has 6 heteroatoms. The Labute approximate surface area is 158 Å². The van der Waals surface area contributed by atoms with Crippen molar-refractivity contribution in [2.75, 3.05) is 26.3 Å². The number of hydrogen-bond acceptors (Lipinski definition) is 3. The van der Waals surface area contributed by atoms with Crippen molar-refractivity contribution in [2.45, 2.75) is 37.5 Å². The van der Waals surface area contributed by atoms with Crippen LogP contribution in [0.3, 0.4) is 0 Å². The van der Waals surface area contributed by atoms with Crippen molar-refractivity contribution in [1.29, 1.82) is 0 Å². The van der Waals surface area contributed by atoms with Gasteiger partial charge in [0, 0.05) is 30.6 Å². The number of hydrogen-bond donors (Lipinski definition) is 1. The first-order chi connectivity index (χ1) is 12.5. The summed E-state index contributed by atoms with van der Waals surface area (Å²) < 4.78 is 5.52. The van der Waals surface area contributed by atoms with Crippen LogP contribution in [0.1, 0.15) is 37.7 Å². The molecule has 2 saturated heterocycles. The lowest BCUT2D eigenvalue weighted by atomic mass is 9.74. The van der Waals surface area contributed by atoms with E-state index < -0.39 is 16.8 Å². The zero-order chi connectivity index (χ0) is 18.4. The summed E-state index contributed by atoms with van der Waals surface area (Å²) in [5.74, 6) is -0.846. The van der Waals surface area contributed by atoms with Crippen LogP contribution in [0.5, 0.6) is 0 Å². The van der Waals surface area contributed by atoms with Gasteiger partial charge in [-0.1, -0.05) is 36.6 Å². The van der Waals surface area contributed by atoms with Crippen LogP contribution in [0.25, 0.3) is 0 Å². The quantitative estimate of drug-likeness (QED) is 0.878. The average molecular weight is 378 g/mol. The molecule has 2 aliphatic heterocycles. The number of nitrogens with zero attached hydrogens (tertiary/aromatic N) is 1. The van der Waals surface area contributed by atoms with E-state index in [9.17, 15) is 14.7 Å². The second-order valence-corrected chi connectivity index (χ2v) is 8.40. The molecule has 0 aromatic heterocycles. The van der Waals surface area contributed by atoms with Crippen LogP contribution in [0.15, 0.2) is 24.3 Å². The van der Waals surface area contributed by atoms with Gasteiger partial charge in [0.2, 0.25) is 5.91 Å². The van der Waals surface area contributed by atoms with E-state index in [2.05, 4.69) is 0 Å². The SMILES string of the molecule is O=C(N1C[C@H]2COCC[C@@]2(C(=O)O)C1)C1(c2ccc(Cl)cc2)CCCC1. The predicted molar refractivity (Wildman–Crippen MR) is 97.2 cm³/mol. The van der Waals surface area contributed by atoms with E-state index in [1.54, 1.807) is 4.90 Å². The molecule has 2 heterocycles. The molecule has 1 saturated carbocycles. The van der Waals surface area contributed by atoms with Gasteiger partial charge in [0.15, 0.2) is 0 Å². The summed E-state index contributed by atoms with van der Waals surface area (Å²) in [7, 11) is 0. The Morgan fingerprint density at radius 2 is 1.85 bits per heavy atom. The Hall–Kier alpha value is -1.59. The van der Waals surface area contributed by atoms with Crippen molar-refractivity contribution < 1.29 is 19.4 Å². The molecule has 0 spiro atoms. The van der Waals surface area contributed by atoms with Crippen molar-refractivity contribution in [3.05, 3.63) is 34.9 Å². The van der Waals surface area contributed by atoms with Gasteiger partial charge in [0.1, 0.15) is 0 Å². The van der Waals surface area contributed by atoms with Gasteiger partial charge < -0.3 is 14.7 Å². The van der Waals surface area contributed by atoms with E-state index in [0.29, 0.717) is 37.7 Å². The summed E-state index contributed by atoms with van der Waals surface area (Å²) in [6.45, 7) is 1.64. The monoisotopic (exact) mass is 377 g/mol. The van der Waals surface area contributed by atoms with Gasteiger partial charge in [-0.2, -0.15) is 0 Å². The number of benzene rings is 1. The third kappa shape index (κ3) is 2.64. The van der Waals surface area contributed by atoms with E-state index in [1.165, 1.54) is 0 Å². The van der Waals surface area contributed by atoms with Crippen LogP contribution in [0.2, 0.25) is 5.02 Å². The van der Waals surface area contributed by atoms with Gasteiger partial charge >= 0.3 is 5.97 Å². The standard InChI is InChI=1S/C20H24ClNO4/c21-16-5-3-14(4-6-16)19(7-1-2-8-19)17(23)22-11-15-12-26-10-9-20(15,13-22)18(24)25/h3-6,15H,1-2,7-13H2,(H,24,25)/t15-,20+/m0/s1. The Morgan fingerprint density at radius 3 is 2.46 bits per heavy atom. The third-order valence-electron chi connectivity index (χ3n) is 6.68. The minimum atomic E-state index is -0.853. The van der Waals surface area contributed by atoms with Gasteiger partial charge in [-0.25, -0.2) is 0 Å². The minimum Gasteiger partial charge on any atom is -0.481 e. The molecule has 1 aromatic carbocycles. The maximum atomic E-state index is 13.6. The number of likely N-dealkylation sites (tertiary alicyclic amines) is 1. The molecule has 1 amide bonds. The predicted octanol–water partition coefficient (Wildman–Crippen LogP) is 3.10. The Balaban J connectivity index is 1.65. The Bertz CT molecular complexity index is 713. The highest BCUT2D eigenvalue weighted by Crippen LogP contribution is 2.47. The first kappa shape index (κ1) is 17.8. The lowest BCUT2D eigenvalue weighted by Gasteiger charge is -2.35. The second-order valence-electron chi connectivity index (χ2n) is 7.96. The zero-order valence-electron chi connectivity index (χ0n) is 14.7. The third-order valence-corrected chi connectivity index (χ3v) is 6.94. The number of carboxylic acid groups (broad SMARTS) is 1. The molecule has 1 aliphatic carbocycles. The smallest absolute Gasteiger partial charge is 0.311 e. The van der Waals surface area contributed by atoms with E-state index in [0.717, 1.165) is 31.2 Å². The van der Waals surface area contributed by atoms with Crippen LogP contribution >= 0.6 is 11.6 Å². The average Bonchev–Trinajstić information content (AvgIpc) is 3.28. The van der Waals surface area contributed by atoms with Gasteiger partial charge in [0.05, 0.1) is 17.4 Å². The van der Waals surface area contributed by atoms with Crippen molar-refractivity contribution in [3.8, 4) is 0 Å². The summed E-state index contributed by atoms with van der Waals surface area (Å²) in [5, 5.41) is 10.5. The minimum absolute atomic E-state index is 0.0762. The van der Waals surface area contributed by atoms with Gasteiger partial charge in [-0.05, 0) is 37.0 Å². The van der Waals surface area contributed by atoms with Crippen LogP contribution < -0.4 is 0 Å². The second kappa shape index (κ2) is 6.54. The van der Waals surface area contributed by atoms with E-state index >= 15 is 0 Å². The zero-order valence-corrected chi connectivity index (χ0v) is 15.5. The van der Waals surface area contributed by atoms with Crippen molar-refractivity contribution in [2.24, 2.45) is 11.3 Å². The molecule has 0 radical (unpaired) electrons. The number of amides is 1. The molecular formula is C20H24ClNO4. The molecule has 0 unspecified atom stereocenters. The lowest BCUT2D eigenvalue weighted by molar-refractivity contribution is -0.157. The van der Waals surface area contributed by atoms with Crippen molar-refractivity contribution >= 4 is 23.5 Å². The maximum absolute atomic E-state index is 13.6. The molecule has 4 rings (SSSR count). The van der Waals surface area contributed by atoms with Gasteiger partial charge in [-0.3, -0.25) is 9.59 Å². The van der Waals surface area contributed by atoms with E-state index in [4.69, 9.17) is 16.3 Å². The highest BCUT2D eigenvalue weighted by atomic mass is 35.5. The number of halogens is 1. The summed E-state index contributed by atoms with van der Waals surface area (Å²) >= 11 is 6.03. The van der Waals surface area contributed by atoms with Crippen LogP contribution in [0.4, 0.5) is 0 Å². The number of fused-ring (bicyclic) bond motifs is 1. The molecule has 5 nitrogen and oxygen atoms in total. The fourth-order valence-electron chi connectivity index (χ4n) is 5.13. The summed E-state index contributed by atoms with van der Waals surface area (Å²) in [5.41, 5.74) is -0.397. The first-order valence-corrected chi connectivity index (χ1v) is 9.72. The number of carbonyl (C=O) groups is 2. The molecular weight excluding hydrogens is 354 g/mol. The molecule has 3 fully saturated rings. The molecule has 1 aromatic rings. The molecule has 2 atom stereocenters. The maximum Gasteiger partial charge on any atom is 0.311 e. The fourth-order valence-corrected chi connectivity index (χ4v) is 5.26. The van der Waals surface area contributed by atoms with Crippen LogP contribution in [-0.2, 0) is 19.7 Å². The Kier molecular flexibility index (Phi) is 4.48. The largest absolute Gasteiger partial charge is 0.481 e. The molecule has 140 valence electrons. The van der Waals surface area contributed by atoms with Gasteiger partial charge in [0.25, 0.3) is 0 Å². The topological polar surface area (TPSA) is 66.8 Å². The van der Waals surface area contributed by atoms with Gasteiger partial charge in [-0.15, -0.1) is 0 Å². The number of rotatable bonds is 3. The summed E-state index contributed by atoms with van der Waals surface area (Å²) in [6, 6.07) is 7.57.